The lowest BCUT2D eigenvalue weighted by atomic mass is 9.88. The molecule has 0 spiro atoms. The first-order valence-corrected chi connectivity index (χ1v) is 10.9. The van der Waals surface area contributed by atoms with E-state index in [1.54, 1.807) is 11.3 Å². The van der Waals surface area contributed by atoms with Gasteiger partial charge in [-0.05, 0) is 55.7 Å². The van der Waals surface area contributed by atoms with Gasteiger partial charge in [0.25, 0.3) is 0 Å². The van der Waals surface area contributed by atoms with E-state index in [4.69, 9.17) is 14.8 Å². The van der Waals surface area contributed by atoms with Gasteiger partial charge in [-0.2, -0.15) is 0 Å². The Hall–Kier alpha value is -3.19. The molecule has 0 fully saturated rings. The van der Waals surface area contributed by atoms with Crippen molar-refractivity contribution in [3.8, 4) is 10.9 Å². The van der Waals surface area contributed by atoms with Crippen LogP contribution in [0.3, 0.4) is 0 Å². The largest absolute Gasteiger partial charge is 0.494 e. The average molecular weight is 419 g/mol. The second-order valence-electron chi connectivity index (χ2n) is 7.57. The van der Waals surface area contributed by atoms with Gasteiger partial charge in [-0.15, -0.1) is 5.10 Å². The summed E-state index contributed by atoms with van der Waals surface area (Å²) in [5.74, 6) is 1.82. The highest BCUT2D eigenvalue weighted by Gasteiger charge is 2.31. The molecule has 2 aromatic carbocycles. The van der Waals surface area contributed by atoms with Gasteiger partial charge < -0.3 is 10.1 Å². The molecule has 1 unspecified atom stereocenters. The predicted octanol–water partition coefficient (Wildman–Crippen LogP) is 5.39. The van der Waals surface area contributed by atoms with Crippen LogP contribution < -0.4 is 10.1 Å². The molecule has 0 radical (unpaired) electrons. The zero-order chi connectivity index (χ0) is 20.7. The summed E-state index contributed by atoms with van der Waals surface area (Å²) in [6.45, 7) is 4.69. The van der Waals surface area contributed by atoms with Crippen molar-refractivity contribution in [2.24, 2.45) is 5.92 Å². The first kappa shape index (κ1) is 18.8. The van der Waals surface area contributed by atoms with Gasteiger partial charge in [-0.1, -0.05) is 30.4 Å². The Morgan fingerprint density at radius 2 is 1.97 bits per heavy atom. The number of benzene rings is 2. The van der Waals surface area contributed by atoms with E-state index in [1.807, 2.05) is 54.1 Å². The molecule has 5 rings (SSSR count). The van der Waals surface area contributed by atoms with Crippen LogP contribution in [0.4, 0.5) is 11.5 Å². The van der Waals surface area contributed by atoms with Crippen molar-refractivity contribution in [3.63, 3.8) is 0 Å². The summed E-state index contributed by atoms with van der Waals surface area (Å²) in [6, 6.07) is 15.7. The number of hydrogen-bond donors (Lipinski definition) is 1. The van der Waals surface area contributed by atoms with Crippen molar-refractivity contribution in [3.05, 3.63) is 59.8 Å². The molecule has 30 heavy (non-hydrogen) atoms. The van der Waals surface area contributed by atoms with Gasteiger partial charge >= 0.3 is 0 Å². The van der Waals surface area contributed by atoms with Crippen LogP contribution in [0.15, 0.2) is 48.5 Å². The van der Waals surface area contributed by atoms with Crippen molar-refractivity contribution in [1.82, 2.24) is 14.8 Å². The van der Waals surface area contributed by atoms with Crippen molar-refractivity contribution in [2.75, 3.05) is 11.9 Å². The molecule has 4 aromatic rings. The van der Waals surface area contributed by atoms with Crippen LogP contribution in [0.2, 0.25) is 0 Å². The van der Waals surface area contributed by atoms with Crippen LogP contribution in [0.5, 0.6) is 5.75 Å². The van der Waals surface area contributed by atoms with Gasteiger partial charge in [-0.3, -0.25) is 4.79 Å². The number of fused-ring (bicyclic) bond motifs is 2. The summed E-state index contributed by atoms with van der Waals surface area (Å²) in [6.07, 6.45) is 1.34. The molecule has 7 heteroatoms. The number of nitrogens with zero attached hydrogens (tertiary/aromatic N) is 3. The molecule has 1 atom stereocenters. The molecule has 6 nitrogen and oxygen atoms in total. The number of carbonyl (C=O) groups is 1. The Morgan fingerprint density at radius 3 is 2.73 bits per heavy atom. The third-order valence-corrected chi connectivity index (χ3v) is 6.24. The van der Waals surface area contributed by atoms with Crippen LogP contribution in [0.25, 0.3) is 15.3 Å². The van der Waals surface area contributed by atoms with Crippen molar-refractivity contribution >= 4 is 38.8 Å². The fourth-order valence-electron chi connectivity index (χ4n) is 3.89. The van der Waals surface area contributed by atoms with Crippen LogP contribution in [0, 0.1) is 5.92 Å². The molecule has 0 amide bonds. The number of ether oxygens (including phenoxy) is 1. The maximum absolute atomic E-state index is 12.9. The number of ketones is 1. The van der Waals surface area contributed by atoms with Crippen LogP contribution in [-0.4, -0.2) is 27.2 Å². The smallest absolute Gasteiger partial charge is 0.211 e. The minimum atomic E-state index is 0.129. The number of rotatable bonds is 5. The first-order chi connectivity index (χ1) is 14.6. The maximum atomic E-state index is 12.9. The highest BCUT2D eigenvalue weighted by Crippen LogP contribution is 2.35. The van der Waals surface area contributed by atoms with E-state index < -0.39 is 0 Å². The molecule has 1 N–H and O–H groups in total. The molecule has 152 valence electrons. The summed E-state index contributed by atoms with van der Waals surface area (Å²) in [7, 11) is 0. The quantitative estimate of drug-likeness (QED) is 0.471. The molecule has 1 aliphatic carbocycles. The van der Waals surface area contributed by atoms with E-state index in [1.165, 1.54) is 0 Å². The van der Waals surface area contributed by atoms with Crippen LogP contribution in [0.1, 0.15) is 36.3 Å². The number of para-hydroxylation sites is 1. The van der Waals surface area contributed by atoms with Crippen molar-refractivity contribution in [1.29, 1.82) is 0 Å². The summed E-state index contributed by atoms with van der Waals surface area (Å²) >= 11 is 1.59. The fourth-order valence-corrected chi connectivity index (χ4v) is 4.83. The Kier molecular flexibility index (Phi) is 4.75. The monoisotopic (exact) mass is 418 g/mol. The fraction of sp³-hybridized carbons (Fsp3) is 0.261. The maximum Gasteiger partial charge on any atom is 0.211 e. The SMILES string of the molecule is CCOc1ccc(Nc2nn(-c3nc4ccccc4s3)c3c2C(=O)CC(C)C3)cc1. The number of anilines is 2. The molecule has 0 saturated heterocycles. The highest BCUT2D eigenvalue weighted by atomic mass is 32.1. The average Bonchev–Trinajstić information content (AvgIpc) is 3.31. The van der Waals surface area contributed by atoms with Gasteiger partial charge in [0.2, 0.25) is 5.13 Å². The second-order valence-corrected chi connectivity index (χ2v) is 8.57. The summed E-state index contributed by atoms with van der Waals surface area (Å²) < 4.78 is 8.47. The lowest BCUT2D eigenvalue weighted by molar-refractivity contribution is 0.0953. The summed E-state index contributed by atoms with van der Waals surface area (Å²) in [5.41, 5.74) is 3.42. The van der Waals surface area contributed by atoms with E-state index in [0.717, 1.165) is 38.9 Å². The number of aromatic nitrogens is 3. The molecular formula is C23H22N4O2S. The molecule has 2 aromatic heterocycles. The minimum absolute atomic E-state index is 0.129. The van der Waals surface area contributed by atoms with Gasteiger partial charge in [-0.25, -0.2) is 9.67 Å². The standard InChI is InChI=1S/C23H22N4O2S/c1-3-29-16-10-8-15(9-11-16)24-22-21-18(12-14(2)13-19(21)28)27(26-22)23-25-17-6-4-5-7-20(17)30-23/h4-11,14H,3,12-13H2,1-2H3,(H,24,26). The Morgan fingerprint density at radius 1 is 1.17 bits per heavy atom. The third kappa shape index (κ3) is 3.35. The number of thiazole rings is 1. The molecular weight excluding hydrogens is 396 g/mol. The Balaban J connectivity index is 1.57. The van der Waals surface area contributed by atoms with Crippen molar-refractivity contribution in [2.45, 2.75) is 26.7 Å². The third-order valence-electron chi connectivity index (χ3n) is 5.23. The van der Waals surface area contributed by atoms with E-state index in [2.05, 4.69) is 18.3 Å². The second kappa shape index (κ2) is 7.57. The van der Waals surface area contributed by atoms with Gasteiger partial charge in [0.15, 0.2) is 11.6 Å². The number of Topliss-reactive ketones (excluding diaryl/α,β-unsaturated/α-hetero) is 1. The zero-order valence-electron chi connectivity index (χ0n) is 16.9. The van der Waals surface area contributed by atoms with Crippen LogP contribution >= 0.6 is 11.3 Å². The number of hydrogen-bond acceptors (Lipinski definition) is 6. The first-order valence-electron chi connectivity index (χ1n) is 10.1. The van der Waals surface area contributed by atoms with Gasteiger partial charge in [0.1, 0.15) is 5.75 Å². The molecule has 1 aliphatic rings. The van der Waals surface area contributed by atoms with Crippen molar-refractivity contribution < 1.29 is 9.53 Å². The topological polar surface area (TPSA) is 69.0 Å². The molecule has 0 saturated carbocycles. The lowest BCUT2D eigenvalue weighted by Crippen LogP contribution is -2.19. The molecule has 0 bridgehead atoms. The van der Waals surface area contributed by atoms with E-state index in [-0.39, 0.29) is 11.7 Å². The molecule has 2 heterocycles. The van der Waals surface area contributed by atoms with E-state index in [0.29, 0.717) is 24.4 Å². The summed E-state index contributed by atoms with van der Waals surface area (Å²) in [4.78, 5) is 17.7. The minimum Gasteiger partial charge on any atom is -0.494 e. The highest BCUT2D eigenvalue weighted by molar-refractivity contribution is 7.20. The Bertz CT molecular complexity index is 1190. The predicted molar refractivity (Wildman–Crippen MR) is 119 cm³/mol. The lowest BCUT2D eigenvalue weighted by Gasteiger charge is -2.18. The van der Waals surface area contributed by atoms with E-state index in [9.17, 15) is 4.79 Å². The normalized spacial score (nSPS) is 15.9. The number of carbonyl (C=O) groups excluding carboxylic acids is 1. The van der Waals surface area contributed by atoms with Crippen LogP contribution in [-0.2, 0) is 6.42 Å². The van der Waals surface area contributed by atoms with E-state index >= 15 is 0 Å². The zero-order valence-corrected chi connectivity index (χ0v) is 17.7. The summed E-state index contributed by atoms with van der Waals surface area (Å²) in [5, 5.41) is 8.92. The Labute approximate surface area is 178 Å². The number of nitrogens with one attached hydrogen (secondary N) is 1. The van der Waals surface area contributed by atoms with Gasteiger partial charge in [0, 0.05) is 12.1 Å². The van der Waals surface area contributed by atoms with Gasteiger partial charge in [0.05, 0.1) is 28.1 Å². The molecule has 0 aliphatic heterocycles.